The number of hydrogen-bond acceptors (Lipinski definition) is 1. The lowest BCUT2D eigenvalue weighted by atomic mass is 9.65. The highest BCUT2D eigenvalue weighted by molar-refractivity contribution is 7.25. The van der Waals surface area contributed by atoms with Crippen LogP contribution in [0.4, 0.5) is 0 Å². The molecule has 0 saturated heterocycles. The molecule has 3 aliphatic rings. The van der Waals surface area contributed by atoms with E-state index in [0.717, 1.165) is 6.42 Å². The molecule has 2 unspecified atom stereocenters. The van der Waals surface area contributed by atoms with Crippen molar-refractivity contribution in [3.8, 4) is 11.1 Å². The van der Waals surface area contributed by atoms with Crippen molar-refractivity contribution in [2.24, 2.45) is 5.92 Å². The van der Waals surface area contributed by atoms with Gasteiger partial charge in [-0.25, -0.2) is 0 Å². The molecular formula is C32H22S. The van der Waals surface area contributed by atoms with E-state index in [1.165, 1.54) is 59.1 Å². The number of hydrogen-bond donors (Lipinski definition) is 0. The lowest BCUT2D eigenvalue weighted by molar-refractivity contribution is 0.591. The fourth-order valence-electron chi connectivity index (χ4n) is 6.93. The third-order valence-electron chi connectivity index (χ3n) is 8.12. The Labute approximate surface area is 197 Å². The first-order valence-electron chi connectivity index (χ1n) is 11.8. The molecule has 8 rings (SSSR count). The molecule has 2 atom stereocenters. The van der Waals surface area contributed by atoms with Crippen molar-refractivity contribution in [2.75, 3.05) is 0 Å². The fourth-order valence-corrected chi connectivity index (χ4v) is 8.06. The van der Waals surface area contributed by atoms with E-state index in [1.807, 2.05) is 11.3 Å². The molecule has 156 valence electrons. The van der Waals surface area contributed by atoms with E-state index in [1.54, 1.807) is 5.57 Å². The van der Waals surface area contributed by atoms with Gasteiger partial charge in [0.15, 0.2) is 0 Å². The van der Waals surface area contributed by atoms with Crippen LogP contribution in [0.3, 0.4) is 0 Å². The maximum Gasteiger partial charge on any atom is 0.0691 e. The van der Waals surface area contributed by atoms with Gasteiger partial charge in [0.1, 0.15) is 0 Å². The maximum absolute atomic E-state index is 2.54. The zero-order chi connectivity index (χ0) is 21.7. The minimum Gasteiger partial charge on any atom is -0.135 e. The lowest BCUT2D eigenvalue weighted by Gasteiger charge is -2.36. The molecule has 1 heteroatoms. The molecule has 0 bridgehead atoms. The number of thiophene rings is 1. The number of allylic oxidation sites excluding steroid dienone is 4. The number of benzene rings is 4. The smallest absolute Gasteiger partial charge is 0.0691 e. The highest BCUT2D eigenvalue weighted by Crippen LogP contribution is 2.65. The summed E-state index contributed by atoms with van der Waals surface area (Å²) in [6, 6.07) is 32.2. The van der Waals surface area contributed by atoms with Gasteiger partial charge < -0.3 is 0 Å². The van der Waals surface area contributed by atoms with Gasteiger partial charge in [-0.1, -0.05) is 85.8 Å². The first-order chi connectivity index (χ1) is 16.3. The molecule has 4 aromatic carbocycles. The van der Waals surface area contributed by atoms with Crippen LogP contribution in [0.5, 0.6) is 0 Å². The summed E-state index contributed by atoms with van der Waals surface area (Å²) in [4.78, 5) is 0. The molecule has 1 aromatic heterocycles. The Morgan fingerprint density at radius 3 is 2.30 bits per heavy atom. The van der Waals surface area contributed by atoms with Crippen molar-refractivity contribution >= 4 is 37.1 Å². The van der Waals surface area contributed by atoms with E-state index in [9.17, 15) is 0 Å². The highest BCUT2D eigenvalue weighted by Gasteiger charge is 2.54. The van der Waals surface area contributed by atoms with Crippen molar-refractivity contribution in [1.29, 1.82) is 0 Å². The summed E-state index contributed by atoms with van der Waals surface area (Å²) in [7, 11) is 0. The van der Waals surface area contributed by atoms with Gasteiger partial charge in [-0.2, -0.15) is 0 Å². The van der Waals surface area contributed by atoms with Gasteiger partial charge in [-0.05, 0) is 75.1 Å². The van der Waals surface area contributed by atoms with Crippen molar-refractivity contribution in [3.05, 3.63) is 125 Å². The second kappa shape index (κ2) is 6.12. The van der Waals surface area contributed by atoms with Crippen molar-refractivity contribution in [1.82, 2.24) is 0 Å². The Kier molecular flexibility index (Phi) is 3.35. The van der Waals surface area contributed by atoms with E-state index in [0.29, 0.717) is 5.92 Å². The lowest BCUT2D eigenvalue weighted by Crippen LogP contribution is -2.30. The van der Waals surface area contributed by atoms with E-state index in [4.69, 9.17) is 0 Å². The monoisotopic (exact) mass is 438 g/mol. The predicted octanol–water partition coefficient (Wildman–Crippen LogP) is 8.73. The number of fused-ring (bicyclic) bond motifs is 12. The fraction of sp³-hybridized carbons (Fsp3) is 0.125. The van der Waals surface area contributed by atoms with Crippen LogP contribution in [0.25, 0.3) is 36.9 Å². The minimum absolute atomic E-state index is 0.195. The summed E-state index contributed by atoms with van der Waals surface area (Å²) in [6.45, 7) is 2.42. The quantitative estimate of drug-likeness (QED) is 0.227. The molecule has 33 heavy (non-hydrogen) atoms. The van der Waals surface area contributed by atoms with Crippen LogP contribution >= 0.6 is 11.3 Å². The van der Waals surface area contributed by atoms with E-state index < -0.39 is 0 Å². The standard InChI is InChI=1S/C32H22S/c1-19-9-8-13-23-20-10-2-5-14-26(20)32(31(19)23)27-15-6-3-11-21(27)24-18-30-25(17-28(24)32)22-12-4-7-16-29(22)33-30/h2-8,10-19H,9H2,1H3. The highest BCUT2D eigenvalue weighted by atomic mass is 32.1. The maximum atomic E-state index is 2.54. The van der Waals surface area contributed by atoms with Gasteiger partial charge in [-0.3, -0.25) is 0 Å². The summed E-state index contributed by atoms with van der Waals surface area (Å²) >= 11 is 1.92. The molecule has 0 saturated carbocycles. The Morgan fingerprint density at radius 1 is 0.697 bits per heavy atom. The van der Waals surface area contributed by atoms with Crippen LogP contribution in [-0.4, -0.2) is 0 Å². The molecule has 1 spiro atoms. The molecule has 5 aromatic rings. The van der Waals surface area contributed by atoms with Crippen LogP contribution in [0.15, 0.2) is 103 Å². The average molecular weight is 439 g/mol. The zero-order valence-electron chi connectivity index (χ0n) is 18.4. The first kappa shape index (κ1) is 18.1. The van der Waals surface area contributed by atoms with Gasteiger partial charge in [0, 0.05) is 20.2 Å². The molecule has 0 radical (unpaired) electrons. The number of rotatable bonds is 0. The second-order valence-electron chi connectivity index (χ2n) is 9.70. The molecule has 0 amide bonds. The van der Waals surface area contributed by atoms with Crippen molar-refractivity contribution < 1.29 is 0 Å². The normalized spacial score (nSPS) is 22.2. The minimum atomic E-state index is -0.195. The third-order valence-corrected chi connectivity index (χ3v) is 9.26. The SMILES string of the molecule is CC1CC=CC2=C1C1(c3ccccc32)c2ccccc2-c2cc3sc4ccccc4c3cc21. The summed E-state index contributed by atoms with van der Waals surface area (Å²) in [5, 5.41) is 2.77. The van der Waals surface area contributed by atoms with Gasteiger partial charge in [0.25, 0.3) is 0 Å². The van der Waals surface area contributed by atoms with Crippen LogP contribution in [0.2, 0.25) is 0 Å². The third kappa shape index (κ3) is 2.04. The first-order valence-corrected chi connectivity index (χ1v) is 12.7. The molecule has 0 nitrogen and oxygen atoms in total. The second-order valence-corrected chi connectivity index (χ2v) is 10.8. The molecule has 0 fully saturated rings. The van der Waals surface area contributed by atoms with Crippen LogP contribution < -0.4 is 0 Å². The topological polar surface area (TPSA) is 0 Å². The predicted molar refractivity (Wildman–Crippen MR) is 141 cm³/mol. The van der Waals surface area contributed by atoms with E-state index in [-0.39, 0.29) is 5.41 Å². The molecule has 0 N–H and O–H groups in total. The van der Waals surface area contributed by atoms with E-state index >= 15 is 0 Å². The van der Waals surface area contributed by atoms with Gasteiger partial charge >= 0.3 is 0 Å². The molecule has 0 aliphatic heterocycles. The molecular weight excluding hydrogens is 416 g/mol. The van der Waals surface area contributed by atoms with Gasteiger partial charge in [0.05, 0.1) is 5.41 Å². The Bertz CT molecular complexity index is 1710. The Balaban J connectivity index is 1.60. The Hall–Kier alpha value is -3.42. The summed E-state index contributed by atoms with van der Waals surface area (Å²) < 4.78 is 2.76. The average Bonchev–Trinajstić information content (AvgIpc) is 3.47. The summed E-state index contributed by atoms with van der Waals surface area (Å²) in [5.41, 5.74) is 11.5. The van der Waals surface area contributed by atoms with Crippen LogP contribution in [0, 0.1) is 5.92 Å². The van der Waals surface area contributed by atoms with Gasteiger partial charge in [-0.15, -0.1) is 11.3 Å². The Morgan fingerprint density at radius 2 is 1.42 bits per heavy atom. The van der Waals surface area contributed by atoms with Crippen LogP contribution in [0.1, 0.15) is 35.6 Å². The summed E-state index contributed by atoms with van der Waals surface area (Å²) in [5.74, 6) is 0.506. The zero-order valence-corrected chi connectivity index (χ0v) is 19.2. The van der Waals surface area contributed by atoms with Gasteiger partial charge in [0.2, 0.25) is 0 Å². The van der Waals surface area contributed by atoms with Crippen molar-refractivity contribution in [2.45, 2.75) is 18.8 Å². The summed E-state index contributed by atoms with van der Waals surface area (Å²) in [6.07, 6.45) is 5.87. The van der Waals surface area contributed by atoms with E-state index in [2.05, 4.69) is 104 Å². The molecule has 1 heterocycles. The van der Waals surface area contributed by atoms with Crippen molar-refractivity contribution in [3.63, 3.8) is 0 Å². The molecule has 3 aliphatic carbocycles. The van der Waals surface area contributed by atoms with Crippen LogP contribution in [-0.2, 0) is 5.41 Å². The largest absolute Gasteiger partial charge is 0.135 e.